The van der Waals surface area contributed by atoms with Gasteiger partial charge in [-0.05, 0) is 41.9 Å². The normalized spacial score (nSPS) is 17.9. The van der Waals surface area contributed by atoms with Gasteiger partial charge in [0.15, 0.2) is 5.13 Å². The van der Waals surface area contributed by atoms with Crippen molar-refractivity contribution in [3.63, 3.8) is 0 Å². The molecule has 0 amide bonds. The van der Waals surface area contributed by atoms with Crippen LogP contribution in [0.4, 0.5) is 5.13 Å². The summed E-state index contributed by atoms with van der Waals surface area (Å²) in [5, 5.41) is 6.36. The van der Waals surface area contributed by atoms with Gasteiger partial charge in [0.25, 0.3) is 0 Å². The molecule has 84 valence electrons. The third-order valence-corrected chi connectivity index (χ3v) is 4.14. The lowest BCUT2D eigenvalue weighted by molar-refractivity contribution is 0.237. The molecule has 0 radical (unpaired) electrons. The minimum atomic E-state index is 0.924. The van der Waals surface area contributed by atoms with Gasteiger partial charge in [0.2, 0.25) is 0 Å². The molecule has 2 rings (SSSR count). The molecule has 1 N–H and O–H groups in total. The van der Waals surface area contributed by atoms with Crippen molar-refractivity contribution in [2.45, 2.75) is 19.3 Å². The van der Waals surface area contributed by atoms with Gasteiger partial charge < -0.3 is 10.2 Å². The highest BCUT2D eigenvalue weighted by atomic mass is 79.9. The molecule has 1 aromatic heterocycles. The first-order chi connectivity index (χ1) is 7.34. The van der Waals surface area contributed by atoms with Gasteiger partial charge in [-0.2, -0.15) is 0 Å². The zero-order valence-corrected chi connectivity index (χ0v) is 11.1. The van der Waals surface area contributed by atoms with Crippen molar-refractivity contribution in [3.05, 3.63) is 9.98 Å². The fourth-order valence-electron chi connectivity index (χ4n) is 1.84. The Labute approximate surface area is 103 Å². The van der Waals surface area contributed by atoms with Crippen LogP contribution in [0.25, 0.3) is 0 Å². The van der Waals surface area contributed by atoms with E-state index >= 15 is 0 Å². The van der Waals surface area contributed by atoms with Crippen LogP contribution in [0.5, 0.6) is 0 Å². The molecule has 2 heterocycles. The first kappa shape index (κ1) is 11.4. The van der Waals surface area contributed by atoms with E-state index in [0.29, 0.717) is 0 Å². The molecule has 1 aromatic rings. The van der Waals surface area contributed by atoms with Crippen LogP contribution in [0, 0.1) is 0 Å². The second-order valence-electron chi connectivity index (χ2n) is 3.80. The van der Waals surface area contributed by atoms with E-state index < -0.39 is 0 Å². The second kappa shape index (κ2) is 5.82. The molecular weight excluding hydrogens is 274 g/mol. The fraction of sp³-hybridized carbons (Fsp3) is 0.700. The number of thiazole rings is 1. The van der Waals surface area contributed by atoms with E-state index in [4.69, 9.17) is 0 Å². The van der Waals surface area contributed by atoms with Gasteiger partial charge in [0.1, 0.15) is 4.60 Å². The molecule has 0 aliphatic carbocycles. The summed E-state index contributed by atoms with van der Waals surface area (Å²) in [7, 11) is 0. The number of rotatable bonds is 4. The number of piperidine rings is 1. The van der Waals surface area contributed by atoms with Gasteiger partial charge >= 0.3 is 0 Å². The number of aromatic nitrogens is 1. The highest BCUT2D eigenvalue weighted by Gasteiger charge is 2.09. The Bertz CT molecular complexity index is 297. The van der Waals surface area contributed by atoms with E-state index in [9.17, 15) is 0 Å². The Morgan fingerprint density at radius 3 is 2.87 bits per heavy atom. The van der Waals surface area contributed by atoms with Crippen LogP contribution in [0.15, 0.2) is 9.98 Å². The lowest BCUT2D eigenvalue weighted by Gasteiger charge is -2.26. The lowest BCUT2D eigenvalue weighted by Crippen LogP contribution is -2.33. The molecule has 1 saturated heterocycles. The maximum atomic E-state index is 4.30. The molecule has 1 aliphatic rings. The molecule has 0 spiro atoms. The zero-order chi connectivity index (χ0) is 10.5. The summed E-state index contributed by atoms with van der Waals surface area (Å²) < 4.78 is 0.924. The molecule has 0 saturated carbocycles. The Balaban J connectivity index is 1.65. The Kier molecular flexibility index (Phi) is 4.41. The Morgan fingerprint density at radius 1 is 1.40 bits per heavy atom. The zero-order valence-electron chi connectivity index (χ0n) is 8.71. The molecule has 1 aliphatic heterocycles. The maximum Gasteiger partial charge on any atom is 0.183 e. The average Bonchev–Trinajstić information content (AvgIpc) is 2.66. The first-order valence-corrected chi connectivity index (χ1v) is 7.09. The van der Waals surface area contributed by atoms with Gasteiger partial charge in [0.05, 0.1) is 0 Å². The van der Waals surface area contributed by atoms with Gasteiger partial charge in [-0.25, -0.2) is 4.98 Å². The molecular formula is C10H16BrN3S. The minimum absolute atomic E-state index is 0.924. The topological polar surface area (TPSA) is 28.2 Å². The predicted octanol–water partition coefficient (Wildman–Crippen LogP) is 2.80. The molecule has 5 heteroatoms. The van der Waals surface area contributed by atoms with Crippen molar-refractivity contribution in [3.8, 4) is 0 Å². The molecule has 15 heavy (non-hydrogen) atoms. The van der Waals surface area contributed by atoms with Crippen molar-refractivity contribution in [1.82, 2.24) is 9.88 Å². The smallest absolute Gasteiger partial charge is 0.183 e. The van der Waals surface area contributed by atoms with Gasteiger partial charge in [-0.3, -0.25) is 0 Å². The van der Waals surface area contributed by atoms with Crippen LogP contribution >= 0.6 is 27.3 Å². The number of likely N-dealkylation sites (tertiary alicyclic amines) is 1. The number of halogens is 1. The highest BCUT2D eigenvalue weighted by molar-refractivity contribution is 9.10. The van der Waals surface area contributed by atoms with E-state index in [1.54, 1.807) is 11.3 Å². The SMILES string of the molecule is Brc1csc(NCCN2CCCCC2)n1. The largest absolute Gasteiger partial charge is 0.360 e. The van der Waals surface area contributed by atoms with Crippen molar-refractivity contribution in [2.24, 2.45) is 0 Å². The van der Waals surface area contributed by atoms with Gasteiger partial charge in [-0.15, -0.1) is 11.3 Å². The number of hydrogen-bond acceptors (Lipinski definition) is 4. The number of anilines is 1. The van der Waals surface area contributed by atoms with Crippen LogP contribution in [-0.4, -0.2) is 36.1 Å². The van der Waals surface area contributed by atoms with Crippen molar-refractivity contribution in [2.75, 3.05) is 31.5 Å². The molecule has 0 unspecified atom stereocenters. The molecule has 3 nitrogen and oxygen atoms in total. The Morgan fingerprint density at radius 2 is 2.20 bits per heavy atom. The third kappa shape index (κ3) is 3.74. The highest BCUT2D eigenvalue weighted by Crippen LogP contribution is 2.19. The monoisotopic (exact) mass is 289 g/mol. The average molecular weight is 290 g/mol. The summed E-state index contributed by atoms with van der Waals surface area (Å²) in [6.07, 6.45) is 4.13. The van der Waals surface area contributed by atoms with Crippen LogP contribution in [0.3, 0.4) is 0 Å². The van der Waals surface area contributed by atoms with E-state index in [1.807, 2.05) is 5.38 Å². The quantitative estimate of drug-likeness (QED) is 0.924. The van der Waals surface area contributed by atoms with E-state index in [0.717, 1.165) is 22.8 Å². The maximum absolute atomic E-state index is 4.30. The third-order valence-electron chi connectivity index (χ3n) is 2.63. The summed E-state index contributed by atoms with van der Waals surface area (Å²) in [6.45, 7) is 4.67. The van der Waals surface area contributed by atoms with Crippen molar-refractivity contribution >= 4 is 32.4 Å². The number of hydrogen-bond donors (Lipinski definition) is 1. The van der Waals surface area contributed by atoms with E-state index in [2.05, 4.69) is 31.1 Å². The Hall–Kier alpha value is -0.130. The first-order valence-electron chi connectivity index (χ1n) is 5.42. The van der Waals surface area contributed by atoms with Crippen LogP contribution in [-0.2, 0) is 0 Å². The molecule has 1 fully saturated rings. The summed E-state index contributed by atoms with van der Waals surface area (Å²) in [6, 6.07) is 0. The van der Waals surface area contributed by atoms with Crippen LogP contribution < -0.4 is 5.32 Å². The van der Waals surface area contributed by atoms with E-state index in [1.165, 1.54) is 32.4 Å². The summed E-state index contributed by atoms with van der Waals surface area (Å²) in [5.74, 6) is 0. The van der Waals surface area contributed by atoms with Crippen LogP contribution in [0.2, 0.25) is 0 Å². The second-order valence-corrected chi connectivity index (χ2v) is 5.48. The minimum Gasteiger partial charge on any atom is -0.360 e. The van der Waals surface area contributed by atoms with Gasteiger partial charge in [-0.1, -0.05) is 6.42 Å². The fourth-order valence-corrected chi connectivity index (χ4v) is 3.01. The van der Waals surface area contributed by atoms with Crippen LogP contribution in [0.1, 0.15) is 19.3 Å². The van der Waals surface area contributed by atoms with Gasteiger partial charge in [0, 0.05) is 18.5 Å². The number of nitrogens with zero attached hydrogens (tertiary/aromatic N) is 2. The number of nitrogens with one attached hydrogen (secondary N) is 1. The summed E-state index contributed by atoms with van der Waals surface area (Å²) in [5.41, 5.74) is 0. The summed E-state index contributed by atoms with van der Waals surface area (Å²) >= 11 is 5.00. The van der Waals surface area contributed by atoms with E-state index in [-0.39, 0.29) is 0 Å². The predicted molar refractivity (Wildman–Crippen MR) is 68.6 cm³/mol. The standard InChI is InChI=1S/C10H16BrN3S/c11-9-8-15-10(13-9)12-4-7-14-5-2-1-3-6-14/h8H,1-7H2,(H,12,13). The van der Waals surface area contributed by atoms with Crippen molar-refractivity contribution in [1.29, 1.82) is 0 Å². The summed E-state index contributed by atoms with van der Waals surface area (Å²) in [4.78, 5) is 6.83. The molecule has 0 bridgehead atoms. The van der Waals surface area contributed by atoms with Crippen molar-refractivity contribution < 1.29 is 0 Å². The lowest BCUT2D eigenvalue weighted by atomic mass is 10.1. The molecule has 0 aromatic carbocycles. The molecule has 0 atom stereocenters.